The molecule has 0 saturated heterocycles. The summed E-state index contributed by atoms with van der Waals surface area (Å²) in [5.41, 5.74) is 1.01. The van der Waals surface area contributed by atoms with Crippen molar-refractivity contribution in [3.8, 4) is 0 Å². The van der Waals surface area contributed by atoms with E-state index >= 15 is 0 Å². The van der Waals surface area contributed by atoms with Crippen molar-refractivity contribution in [1.29, 1.82) is 0 Å². The molecule has 0 spiro atoms. The van der Waals surface area contributed by atoms with Crippen LogP contribution in [0, 0.1) is 11.6 Å². The lowest BCUT2D eigenvalue weighted by Gasteiger charge is -2.09. The smallest absolute Gasteiger partial charge is 0.261 e. The van der Waals surface area contributed by atoms with E-state index in [0.717, 1.165) is 12.1 Å². The molecule has 0 fully saturated rings. The Hall–Kier alpha value is -3.26. The number of benzene rings is 3. The van der Waals surface area contributed by atoms with Gasteiger partial charge >= 0.3 is 0 Å². The Balaban J connectivity index is 1.64. The van der Waals surface area contributed by atoms with Crippen molar-refractivity contribution in [3.63, 3.8) is 0 Å². The van der Waals surface area contributed by atoms with Crippen LogP contribution in [0.2, 0.25) is 0 Å². The number of nitrogens with one attached hydrogen (secondary N) is 2. The first kappa shape index (κ1) is 19.5. The van der Waals surface area contributed by atoms with E-state index in [9.17, 15) is 22.0 Å². The minimum Gasteiger partial charge on any atom is -0.323 e. The molecule has 0 saturated carbocycles. The van der Waals surface area contributed by atoms with Gasteiger partial charge in [0.25, 0.3) is 10.0 Å². The van der Waals surface area contributed by atoms with Gasteiger partial charge in [-0.2, -0.15) is 0 Å². The summed E-state index contributed by atoms with van der Waals surface area (Å²) in [6.07, 6.45) is -0.000668. The van der Waals surface area contributed by atoms with Crippen molar-refractivity contribution < 1.29 is 22.0 Å². The zero-order chi connectivity index (χ0) is 20.1. The first-order valence-electron chi connectivity index (χ1n) is 8.25. The molecule has 0 radical (unpaired) electrons. The monoisotopic (exact) mass is 402 g/mol. The largest absolute Gasteiger partial charge is 0.323 e. The molecule has 0 bridgehead atoms. The Morgan fingerprint density at radius 2 is 1.50 bits per heavy atom. The highest BCUT2D eigenvalue weighted by Gasteiger charge is 2.14. The second-order valence-corrected chi connectivity index (χ2v) is 7.64. The topological polar surface area (TPSA) is 75.3 Å². The Morgan fingerprint density at radius 1 is 0.857 bits per heavy atom. The zero-order valence-corrected chi connectivity index (χ0v) is 15.3. The van der Waals surface area contributed by atoms with Crippen LogP contribution >= 0.6 is 0 Å². The summed E-state index contributed by atoms with van der Waals surface area (Å²) >= 11 is 0. The van der Waals surface area contributed by atoms with E-state index in [1.165, 1.54) is 42.5 Å². The predicted molar refractivity (Wildman–Crippen MR) is 102 cm³/mol. The standard InChI is InChI=1S/C20H16F2N2O3S/c21-15-7-11-17(12-8-15)28(26,27)24-16-9-5-14(6-10-16)13-20(25)23-19-4-2-1-3-18(19)22/h1-12,24H,13H2,(H,23,25). The van der Waals surface area contributed by atoms with E-state index in [0.29, 0.717) is 11.3 Å². The fourth-order valence-corrected chi connectivity index (χ4v) is 3.52. The summed E-state index contributed by atoms with van der Waals surface area (Å²) in [6.45, 7) is 0. The Kier molecular flexibility index (Phi) is 5.70. The van der Waals surface area contributed by atoms with Crippen LogP contribution in [0.3, 0.4) is 0 Å². The second kappa shape index (κ2) is 8.18. The van der Waals surface area contributed by atoms with Crippen LogP contribution in [0.25, 0.3) is 0 Å². The third kappa shape index (κ3) is 4.92. The van der Waals surface area contributed by atoms with Crippen LogP contribution in [-0.4, -0.2) is 14.3 Å². The summed E-state index contributed by atoms with van der Waals surface area (Å²) in [7, 11) is -3.85. The lowest BCUT2D eigenvalue weighted by atomic mass is 10.1. The average molecular weight is 402 g/mol. The maximum absolute atomic E-state index is 13.6. The van der Waals surface area contributed by atoms with Gasteiger partial charge in [0, 0.05) is 5.69 Å². The van der Waals surface area contributed by atoms with Crippen LogP contribution in [0.4, 0.5) is 20.2 Å². The van der Waals surface area contributed by atoms with Gasteiger partial charge in [-0.1, -0.05) is 24.3 Å². The lowest BCUT2D eigenvalue weighted by molar-refractivity contribution is -0.115. The molecule has 3 aromatic rings. The van der Waals surface area contributed by atoms with Gasteiger partial charge in [0.05, 0.1) is 17.0 Å². The summed E-state index contributed by atoms with van der Waals surface area (Å²) in [5, 5.41) is 2.48. The van der Waals surface area contributed by atoms with E-state index in [-0.39, 0.29) is 17.0 Å². The minimum absolute atomic E-state index is 0.000668. The Morgan fingerprint density at radius 3 is 2.14 bits per heavy atom. The molecule has 1 amide bonds. The first-order chi connectivity index (χ1) is 13.3. The number of amides is 1. The normalized spacial score (nSPS) is 11.1. The molecule has 0 atom stereocenters. The number of para-hydroxylation sites is 1. The van der Waals surface area contributed by atoms with Gasteiger partial charge in [-0.3, -0.25) is 9.52 Å². The number of hydrogen-bond donors (Lipinski definition) is 2. The average Bonchev–Trinajstić information content (AvgIpc) is 2.65. The molecule has 0 unspecified atom stereocenters. The van der Waals surface area contributed by atoms with E-state index in [2.05, 4.69) is 10.0 Å². The fourth-order valence-electron chi connectivity index (χ4n) is 2.46. The van der Waals surface area contributed by atoms with Crippen molar-refractivity contribution in [2.45, 2.75) is 11.3 Å². The maximum atomic E-state index is 13.6. The van der Waals surface area contributed by atoms with E-state index in [4.69, 9.17) is 0 Å². The zero-order valence-electron chi connectivity index (χ0n) is 14.5. The molecule has 8 heteroatoms. The van der Waals surface area contributed by atoms with Crippen LogP contribution in [0.1, 0.15) is 5.56 Å². The number of rotatable bonds is 6. The maximum Gasteiger partial charge on any atom is 0.261 e. The van der Waals surface area contributed by atoms with Gasteiger partial charge in [0.1, 0.15) is 11.6 Å². The van der Waals surface area contributed by atoms with Gasteiger partial charge in [0.15, 0.2) is 0 Å². The van der Waals surface area contributed by atoms with Crippen molar-refractivity contribution in [3.05, 3.63) is 90.0 Å². The Bertz CT molecular complexity index is 1080. The lowest BCUT2D eigenvalue weighted by Crippen LogP contribution is -2.15. The number of hydrogen-bond acceptors (Lipinski definition) is 3. The van der Waals surface area contributed by atoms with Crippen LogP contribution in [0.15, 0.2) is 77.7 Å². The van der Waals surface area contributed by atoms with Crippen LogP contribution < -0.4 is 10.0 Å². The molecule has 0 aliphatic rings. The molecular weight excluding hydrogens is 386 g/mol. The highest BCUT2D eigenvalue weighted by molar-refractivity contribution is 7.92. The van der Waals surface area contributed by atoms with Gasteiger partial charge < -0.3 is 5.32 Å². The van der Waals surface area contributed by atoms with Crippen molar-refractivity contribution in [1.82, 2.24) is 0 Å². The highest BCUT2D eigenvalue weighted by Crippen LogP contribution is 2.18. The molecule has 2 N–H and O–H groups in total. The van der Waals surface area contributed by atoms with E-state index in [1.807, 2.05) is 0 Å². The SMILES string of the molecule is O=C(Cc1ccc(NS(=O)(=O)c2ccc(F)cc2)cc1)Nc1ccccc1F. The molecule has 0 aromatic heterocycles. The van der Waals surface area contributed by atoms with E-state index in [1.54, 1.807) is 18.2 Å². The molecule has 5 nitrogen and oxygen atoms in total. The number of carbonyl (C=O) groups excluding carboxylic acids is 1. The third-order valence-corrected chi connectivity index (χ3v) is 5.24. The molecule has 144 valence electrons. The molecular formula is C20H16F2N2O3S. The molecule has 0 heterocycles. The van der Waals surface area contributed by atoms with Crippen LogP contribution in [0.5, 0.6) is 0 Å². The fraction of sp³-hybridized carbons (Fsp3) is 0.0500. The Labute approximate surface area is 161 Å². The van der Waals surface area contributed by atoms with Crippen LogP contribution in [-0.2, 0) is 21.2 Å². The second-order valence-electron chi connectivity index (χ2n) is 5.96. The van der Waals surface area contributed by atoms with Gasteiger partial charge in [-0.15, -0.1) is 0 Å². The summed E-state index contributed by atoms with van der Waals surface area (Å²) in [6, 6.07) is 16.5. The summed E-state index contributed by atoms with van der Waals surface area (Å²) < 4.78 is 53.4. The molecule has 0 aliphatic heterocycles. The van der Waals surface area contributed by atoms with Crippen molar-refractivity contribution >= 4 is 27.3 Å². The van der Waals surface area contributed by atoms with E-state index < -0.39 is 27.6 Å². The molecule has 3 rings (SSSR count). The number of halogens is 2. The van der Waals surface area contributed by atoms with Crippen molar-refractivity contribution in [2.75, 3.05) is 10.0 Å². The number of sulfonamides is 1. The van der Waals surface area contributed by atoms with Gasteiger partial charge in [0.2, 0.25) is 5.91 Å². The third-order valence-electron chi connectivity index (χ3n) is 3.84. The number of anilines is 2. The molecule has 28 heavy (non-hydrogen) atoms. The quantitative estimate of drug-likeness (QED) is 0.656. The van der Waals surface area contributed by atoms with Gasteiger partial charge in [-0.25, -0.2) is 17.2 Å². The molecule has 3 aromatic carbocycles. The van der Waals surface area contributed by atoms with Gasteiger partial charge in [-0.05, 0) is 54.1 Å². The predicted octanol–water partition coefficient (Wildman–Crippen LogP) is 3.95. The number of carbonyl (C=O) groups is 1. The first-order valence-corrected chi connectivity index (χ1v) is 9.73. The highest BCUT2D eigenvalue weighted by atomic mass is 32.2. The minimum atomic E-state index is -3.85. The summed E-state index contributed by atoms with van der Waals surface area (Å²) in [5.74, 6) is -1.46. The summed E-state index contributed by atoms with van der Waals surface area (Å²) in [4.78, 5) is 12.0. The van der Waals surface area contributed by atoms with Crippen molar-refractivity contribution in [2.24, 2.45) is 0 Å². The molecule has 0 aliphatic carbocycles.